The second-order valence-corrected chi connectivity index (χ2v) is 4.86. The lowest BCUT2D eigenvalue weighted by atomic mass is 10.0. The quantitative estimate of drug-likeness (QED) is 0.810. The molecule has 96 valence electrons. The summed E-state index contributed by atoms with van der Waals surface area (Å²) in [4.78, 5) is 10.9. The average Bonchev–Trinajstić information content (AvgIpc) is 2.65. The summed E-state index contributed by atoms with van der Waals surface area (Å²) in [5, 5.41) is 10.0. The van der Waals surface area contributed by atoms with Gasteiger partial charge in [0.15, 0.2) is 0 Å². The Bertz CT molecular complexity index is 385. The molecule has 2 N–H and O–H groups in total. The van der Waals surface area contributed by atoms with Gasteiger partial charge in [-0.3, -0.25) is 4.79 Å². The summed E-state index contributed by atoms with van der Waals surface area (Å²) in [6.07, 6.45) is 0.645. The largest absolute Gasteiger partial charge is 0.361 e. The van der Waals surface area contributed by atoms with Crippen LogP contribution >= 0.6 is 0 Å². The lowest BCUT2D eigenvalue weighted by Crippen LogP contribution is -2.33. The molecule has 0 saturated carbocycles. The summed E-state index contributed by atoms with van der Waals surface area (Å²) in [6, 6.07) is 1.97. The highest BCUT2D eigenvalue weighted by Crippen LogP contribution is 2.19. The zero-order valence-corrected chi connectivity index (χ0v) is 11.1. The minimum atomic E-state index is -0.209. The lowest BCUT2D eigenvalue weighted by molar-refractivity contribution is -0.119. The Morgan fingerprint density at radius 3 is 2.76 bits per heavy atom. The van der Waals surface area contributed by atoms with Crippen molar-refractivity contribution in [1.29, 1.82) is 0 Å². The summed E-state index contributed by atoms with van der Waals surface area (Å²) < 4.78 is 5.26. The minimum Gasteiger partial charge on any atom is -0.361 e. The first-order chi connectivity index (χ1) is 7.85. The van der Waals surface area contributed by atoms with Crippen LogP contribution in [0.5, 0.6) is 0 Å². The third-order valence-electron chi connectivity index (χ3n) is 2.78. The van der Waals surface area contributed by atoms with Gasteiger partial charge in [0.2, 0.25) is 5.91 Å². The molecule has 0 fully saturated rings. The Labute approximate surface area is 102 Å². The monoisotopic (exact) mass is 239 g/mol. The van der Waals surface area contributed by atoms with E-state index in [1.54, 1.807) is 0 Å². The molecule has 17 heavy (non-hydrogen) atoms. The standard InChI is InChI=1S/C12H21N3O2/c1-8(14-9(2)16)6-10-7-11(15-17-10)12(3,4)13-5/h7-8,13H,6H2,1-5H3,(H,14,16). The normalized spacial score (nSPS) is 13.5. The van der Waals surface area contributed by atoms with Crippen LogP contribution in [0.25, 0.3) is 0 Å². The number of carbonyl (C=O) groups is 1. The fourth-order valence-electron chi connectivity index (χ4n) is 1.53. The van der Waals surface area contributed by atoms with Crippen LogP contribution < -0.4 is 10.6 Å². The van der Waals surface area contributed by atoms with E-state index in [9.17, 15) is 4.79 Å². The van der Waals surface area contributed by atoms with Crippen LogP contribution in [0.2, 0.25) is 0 Å². The molecule has 0 aliphatic heterocycles. The number of carbonyl (C=O) groups excluding carboxylic acids is 1. The van der Waals surface area contributed by atoms with Crippen molar-refractivity contribution >= 4 is 5.91 Å². The Balaban J connectivity index is 2.66. The topological polar surface area (TPSA) is 67.2 Å². The van der Waals surface area contributed by atoms with Gasteiger partial charge in [-0.25, -0.2) is 0 Å². The molecule has 1 aromatic rings. The molecular weight excluding hydrogens is 218 g/mol. The van der Waals surface area contributed by atoms with Crippen LogP contribution in [0.3, 0.4) is 0 Å². The van der Waals surface area contributed by atoms with Gasteiger partial charge in [-0.1, -0.05) is 5.16 Å². The molecule has 0 radical (unpaired) electrons. The second kappa shape index (κ2) is 5.31. The molecule has 5 nitrogen and oxygen atoms in total. The molecule has 0 bridgehead atoms. The number of hydrogen-bond donors (Lipinski definition) is 2. The van der Waals surface area contributed by atoms with E-state index in [1.165, 1.54) is 6.92 Å². The van der Waals surface area contributed by atoms with E-state index in [1.807, 2.05) is 33.9 Å². The maximum Gasteiger partial charge on any atom is 0.217 e. The van der Waals surface area contributed by atoms with Crippen molar-refractivity contribution < 1.29 is 9.32 Å². The maximum atomic E-state index is 10.9. The molecule has 0 aromatic carbocycles. The number of aromatic nitrogens is 1. The number of hydrogen-bond acceptors (Lipinski definition) is 4. The predicted molar refractivity (Wildman–Crippen MR) is 65.6 cm³/mol. The zero-order valence-electron chi connectivity index (χ0n) is 11.1. The zero-order chi connectivity index (χ0) is 13.1. The van der Waals surface area contributed by atoms with Crippen LogP contribution in [-0.4, -0.2) is 24.2 Å². The summed E-state index contributed by atoms with van der Waals surface area (Å²) >= 11 is 0. The SMILES string of the molecule is CNC(C)(C)c1cc(CC(C)NC(C)=O)on1. The van der Waals surface area contributed by atoms with E-state index in [2.05, 4.69) is 15.8 Å². The number of amides is 1. The van der Waals surface area contributed by atoms with Gasteiger partial charge in [-0.05, 0) is 27.8 Å². The van der Waals surface area contributed by atoms with Gasteiger partial charge in [0.05, 0.1) is 5.54 Å². The summed E-state index contributed by atoms with van der Waals surface area (Å²) in [7, 11) is 1.88. The van der Waals surface area contributed by atoms with Crippen LogP contribution in [0.1, 0.15) is 39.1 Å². The lowest BCUT2D eigenvalue weighted by Gasteiger charge is -2.20. The Morgan fingerprint density at radius 1 is 1.59 bits per heavy atom. The number of nitrogens with zero attached hydrogens (tertiary/aromatic N) is 1. The highest BCUT2D eigenvalue weighted by molar-refractivity contribution is 5.73. The van der Waals surface area contributed by atoms with Crippen LogP contribution in [0.15, 0.2) is 10.6 Å². The van der Waals surface area contributed by atoms with Crippen LogP contribution in [0.4, 0.5) is 0 Å². The van der Waals surface area contributed by atoms with Gasteiger partial charge in [-0.2, -0.15) is 0 Å². The molecule has 1 unspecified atom stereocenters. The minimum absolute atomic E-state index is 0.0345. The molecule has 0 spiro atoms. The van der Waals surface area contributed by atoms with E-state index in [-0.39, 0.29) is 17.5 Å². The molecule has 1 amide bonds. The highest BCUT2D eigenvalue weighted by atomic mass is 16.5. The average molecular weight is 239 g/mol. The van der Waals surface area contributed by atoms with Crippen molar-refractivity contribution in [2.24, 2.45) is 0 Å². The van der Waals surface area contributed by atoms with Gasteiger partial charge >= 0.3 is 0 Å². The second-order valence-electron chi connectivity index (χ2n) is 4.86. The summed E-state index contributed by atoms with van der Waals surface area (Å²) in [5.74, 6) is 0.748. The summed E-state index contributed by atoms with van der Waals surface area (Å²) in [6.45, 7) is 7.51. The third-order valence-corrected chi connectivity index (χ3v) is 2.78. The van der Waals surface area contributed by atoms with Crippen molar-refractivity contribution in [3.05, 3.63) is 17.5 Å². The molecule has 0 aliphatic carbocycles. The van der Waals surface area contributed by atoms with E-state index in [4.69, 9.17) is 4.52 Å². The molecule has 1 atom stereocenters. The van der Waals surface area contributed by atoms with Crippen LogP contribution in [-0.2, 0) is 16.8 Å². The first-order valence-corrected chi connectivity index (χ1v) is 5.77. The molecule has 1 aromatic heterocycles. The van der Waals surface area contributed by atoms with Crippen molar-refractivity contribution in [1.82, 2.24) is 15.8 Å². The Hall–Kier alpha value is -1.36. The molecule has 5 heteroatoms. The van der Waals surface area contributed by atoms with Crippen molar-refractivity contribution in [2.75, 3.05) is 7.05 Å². The smallest absolute Gasteiger partial charge is 0.217 e. The van der Waals surface area contributed by atoms with Gasteiger partial charge in [0.1, 0.15) is 11.5 Å². The van der Waals surface area contributed by atoms with E-state index < -0.39 is 0 Å². The van der Waals surface area contributed by atoms with Crippen molar-refractivity contribution in [3.63, 3.8) is 0 Å². The van der Waals surface area contributed by atoms with Crippen molar-refractivity contribution in [2.45, 2.75) is 45.7 Å². The Kier molecular flexibility index (Phi) is 4.28. The molecule has 0 saturated heterocycles. The first-order valence-electron chi connectivity index (χ1n) is 5.77. The van der Waals surface area contributed by atoms with Crippen molar-refractivity contribution in [3.8, 4) is 0 Å². The van der Waals surface area contributed by atoms with E-state index >= 15 is 0 Å². The molecule has 1 rings (SSSR count). The van der Waals surface area contributed by atoms with Gasteiger partial charge in [0.25, 0.3) is 0 Å². The highest BCUT2D eigenvalue weighted by Gasteiger charge is 2.22. The van der Waals surface area contributed by atoms with E-state index in [0.717, 1.165) is 11.5 Å². The number of rotatable bonds is 5. The molecule has 1 heterocycles. The predicted octanol–water partition coefficient (Wildman–Crippen LogP) is 1.20. The fraction of sp³-hybridized carbons (Fsp3) is 0.667. The van der Waals surface area contributed by atoms with Gasteiger partial charge in [0, 0.05) is 25.5 Å². The van der Waals surface area contributed by atoms with Gasteiger partial charge in [-0.15, -0.1) is 0 Å². The van der Waals surface area contributed by atoms with Gasteiger partial charge < -0.3 is 15.2 Å². The van der Waals surface area contributed by atoms with E-state index in [0.29, 0.717) is 6.42 Å². The first kappa shape index (κ1) is 13.7. The summed E-state index contributed by atoms with van der Waals surface area (Å²) in [5.41, 5.74) is 0.656. The third kappa shape index (κ3) is 3.85. The number of nitrogens with one attached hydrogen (secondary N) is 2. The maximum absolute atomic E-state index is 10.9. The Morgan fingerprint density at radius 2 is 2.24 bits per heavy atom. The molecule has 0 aliphatic rings. The van der Waals surface area contributed by atoms with Crippen LogP contribution in [0, 0.1) is 0 Å². The molecular formula is C12H21N3O2. The fourth-order valence-corrected chi connectivity index (χ4v) is 1.53.